The third kappa shape index (κ3) is 3.37. The maximum atomic E-state index is 5.42. The number of rotatable bonds is 7. The Balaban J connectivity index is 1.84. The van der Waals surface area contributed by atoms with Crippen LogP contribution < -0.4 is 19.5 Å². The maximum Gasteiger partial charge on any atom is 0.203 e. The Morgan fingerprint density at radius 1 is 1.00 bits per heavy atom. The lowest BCUT2D eigenvalue weighted by Gasteiger charge is -2.19. The van der Waals surface area contributed by atoms with Gasteiger partial charge in [-0.1, -0.05) is 0 Å². The van der Waals surface area contributed by atoms with E-state index in [1.165, 1.54) is 12.8 Å². The summed E-state index contributed by atoms with van der Waals surface area (Å²) in [5.41, 5.74) is 2.14. The Hall–Kier alpha value is -2.50. The van der Waals surface area contributed by atoms with Crippen LogP contribution in [0.1, 0.15) is 43.0 Å². The predicted octanol–water partition coefficient (Wildman–Crippen LogP) is 3.55. The molecule has 128 valence electrons. The third-order valence-corrected chi connectivity index (χ3v) is 4.24. The maximum absolute atomic E-state index is 5.42. The first kappa shape index (κ1) is 16.4. The minimum Gasteiger partial charge on any atom is -0.493 e. The van der Waals surface area contributed by atoms with Crippen molar-refractivity contribution in [3.05, 3.63) is 35.8 Å². The van der Waals surface area contributed by atoms with E-state index in [1.807, 2.05) is 18.2 Å². The van der Waals surface area contributed by atoms with Crippen molar-refractivity contribution in [1.29, 1.82) is 0 Å². The van der Waals surface area contributed by atoms with E-state index >= 15 is 0 Å². The molecule has 1 aliphatic rings. The van der Waals surface area contributed by atoms with Crippen LogP contribution in [0.2, 0.25) is 0 Å². The smallest absolute Gasteiger partial charge is 0.203 e. The van der Waals surface area contributed by atoms with Gasteiger partial charge in [-0.05, 0) is 37.5 Å². The van der Waals surface area contributed by atoms with E-state index in [0.29, 0.717) is 23.2 Å². The molecule has 1 heterocycles. The summed E-state index contributed by atoms with van der Waals surface area (Å²) in [6.07, 6.45) is 4.07. The fourth-order valence-corrected chi connectivity index (χ4v) is 2.71. The van der Waals surface area contributed by atoms with Crippen molar-refractivity contribution in [3.63, 3.8) is 0 Å². The number of anilines is 1. The van der Waals surface area contributed by atoms with Crippen molar-refractivity contribution < 1.29 is 14.2 Å². The van der Waals surface area contributed by atoms with Crippen LogP contribution in [0.3, 0.4) is 0 Å². The lowest BCUT2D eigenvalue weighted by molar-refractivity contribution is 0.323. The Morgan fingerprint density at radius 2 is 1.67 bits per heavy atom. The molecule has 0 unspecified atom stereocenters. The highest BCUT2D eigenvalue weighted by atomic mass is 16.5. The summed E-state index contributed by atoms with van der Waals surface area (Å²) in [4.78, 5) is 8.68. The second kappa shape index (κ2) is 6.95. The van der Waals surface area contributed by atoms with Crippen LogP contribution in [0, 0.1) is 0 Å². The first-order chi connectivity index (χ1) is 11.7. The molecule has 1 saturated carbocycles. The standard InChI is InChI=1S/C18H23N3O3/c1-11(21-17-9-14(12-5-6-12)19-10-20-17)13-7-15(22-2)18(24-4)16(8-13)23-3/h7-12H,5-6H2,1-4H3,(H,19,20,21)/t11-/m0/s1. The molecule has 1 aromatic carbocycles. The van der Waals surface area contributed by atoms with Crippen LogP contribution in [0.25, 0.3) is 0 Å². The largest absolute Gasteiger partial charge is 0.493 e. The minimum absolute atomic E-state index is 0.0284. The van der Waals surface area contributed by atoms with Gasteiger partial charge in [0.25, 0.3) is 0 Å². The van der Waals surface area contributed by atoms with Gasteiger partial charge in [0.1, 0.15) is 12.1 Å². The fraction of sp³-hybridized carbons (Fsp3) is 0.444. The number of benzene rings is 1. The van der Waals surface area contributed by atoms with Crippen LogP contribution in [-0.4, -0.2) is 31.3 Å². The quantitative estimate of drug-likeness (QED) is 0.838. The predicted molar refractivity (Wildman–Crippen MR) is 92.1 cm³/mol. The average Bonchev–Trinajstić information content (AvgIpc) is 3.45. The SMILES string of the molecule is COc1cc([C@H](C)Nc2cc(C3CC3)ncn2)cc(OC)c1OC. The van der Waals surface area contributed by atoms with E-state index in [2.05, 4.69) is 22.2 Å². The van der Waals surface area contributed by atoms with Gasteiger partial charge in [-0.25, -0.2) is 9.97 Å². The highest BCUT2D eigenvalue weighted by molar-refractivity contribution is 5.55. The van der Waals surface area contributed by atoms with E-state index in [-0.39, 0.29) is 6.04 Å². The average molecular weight is 329 g/mol. The Morgan fingerprint density at radius 3 is 2.21 bits per heavy atom. The van der Waals surface area contributed by atoms with Gasteiger partial charge in [-0.15, -0.1) is 0 Å². The van der Waals surface area contributed by atoms with Gasteiger partial charge >= 0.3 is 0 Å². The zero-order valence-corrected chi connectivity index (χ0v) is 14.5. The Labute approximate surface area is 142 Å². The number of hydrogen-bond acceptors (Lipinski definition) is 6. The van der Waals surface area contributed by atoms with Crippen molar-refractivity contribution in [1.82, 2.24) is 9.97 Å². The van der Waals surface area contributed by atoms with Gasteiger partial charge in [0.05, 0.1) is 27.4 Å². The number of nitrogens with one attached hydrogen (secondary N) is 1. The van der Waals surface area contributed by atoms with Gasteiger partial charge in [-0.3, -0.25) is 0 Å². The van der Waals surface area contributed by atoms with Gasteiger partial charge < -0.3 is 19.5 Å². The molecular formula is C18H23N3O3. The molecule has 0 bridgehead atoms. The summed E-state index contributed by atoms with van der Waals surface area (Å²) in [5.74, 6) is 3.30. The molecule has 3 rings (SSSR count). The van der Waals surface area contributed by atoms with Crippen LogP contribution >= 0.6 is 0 Å². The molecule has 1 atom stereocenters. The Kier molecular flexibility index (Phi) is 4.74. The number of aromatic nitrogens is 2. The lowest BCUT2D eigenvalue weighted by atomic mass is 10.1. The second-order valence-corrected chi connectivity index (χ2v) is 5.93. The topological polar surface area (TPSA) is 65.5 Å². The lowest BCUT2D eigenvalue weighted by Crippen LogP contribution is -2.09. The van der Waals surface area contributed by atoms with Crippen LogP contribution in [0.4, 0.5) is 5.82 Å². The van der Waals surface area contributed by atoms with Gasteiger partial charge in [0.2, 0.25) is 5.75 Å². The number of hydrogen-bond donors (Lipinski definition) is 1. The molecule has 1 N–H and O–H groups in total. The first-order valence-corrected chi connectivity index (χ1v) is 8.04. The molecule has 0 spiro atoms. The normalized spacial score (nSPS) is 14.8. The van der Waals surface area contributed by atoms with Crippen molar-refractivity contribution in [2.45, 2.75) is 31.7 Å². The van der Waals surface area contributed by atoms with E-state index in [1.54, 1.807) is 27.7 Å². The van der Waals surface area contributed by atoms with E-state index in [4.69, 9.17) is 14.2 Å². The zero-order chi connectivity index (χ0) is 17.1. The van der Waals surface area contributed by atoms with E-state index < -0.39 is 0 Å². The molecule has 0 amide bonds. The number of ether oxygens (including phenoxy) is 3. The Bertz CT molecular complexity index is 691. The summed E-state index contributed by atoms with van der Waals surface area (Å²) >= 11 is 0. The second-order valence-electron chi connectivity index (χ2n) is 5.93. The van der Waals surface area contributed by atoms with Crippen molar-refractivity contribution in [2.24, 2.45) is 0 Å². The summed E-state index contributed by atoms with van der Waals surface area (Å²) in [6.45, 7) is 2.07. The summed E-state index contributed by atoms with van der Waals surface area (Å²) < 4.78 is 16.2. The highest BCUT2D eigenvalue weighted by Crippen LogP contribution is 2.41. The minimum atomic E-state index is 0.0284. The van der Waals surface area contributed by atoms with Gasteiger partial charge in [0, 0.05) is 17.7 Å². The molecule has 6 heteroatoms. The first-order valence-electron chi connectivity index (χ1n) is 8.04. The van der Waals surface area contributed by atoms with Crippen molar-refractivity contribution in [3.8, 4) is 17.2 Å². The van der Waals surface area contributed by atoms with Gasteiger partial charge in [-0.2, -0.15) is 0 Å². The number of nitrogens with zero attached hydrogens (tertiary/aromatic N) is 2. The fourth-order valence-electron chi connectivity index (χ4n) is 2.71. The monoisotopic (exact) mass is 329 g/mol. The zero-order valence-electron chi connectivity index (χ0n) is 14.5. The summed E-state index contributed by atoms with van der Waals surface area (Å²) in [7, 11) is 4.83. The molecular weight excluding hydrogens is 306 g/mol. The van der Waals surface area contributed by atoms with Crippen LogP contribution in [-0.2, 0) is 0 Å². The third-order valence-electron chi connectivity index (χ3n) is 4.24. The van der Waals surface area contributed by atoms with Gasteiger partial charge in [0.15, 0.2) is 11.5 Å². The van der Waals surface area contributed by atoms with Crippen molar-refractivity contribution >= 4 is 5.82 Å². The highest BCUT2D eigenvalue weighted by Gasteiger charge is 2.25. The van der Waals surface area contributed by atoms with E-state index in [0.717, 1.165) is 17.1 Å². The summed E-state index contributed by atoms with van der Waals surface area (Å²) in [6, 6.07) is 5.96. The van der Waals surface area contributed by atoms with E-state index in [9.17, 15) is 0 Å². The number of methoxy groups -OCH3 is 3. The molecule has 1 aliphatic carbocycles. The summed E-state index contributed by atoms with van der Waals surface area (Å²) in [5, 5.41) is 3.42. The van der Waals surface area contributed by atoms with Crippen LogP contribution in [0.15, 0.2) is 24.5 Å². The molecule has 1 aromatic heterocycles. The molecule has 0 radical (unpaired) electrons. The van der Waals surface area contributed by atoms with Crippen LogP contribution in [0.5, 0.6) is 17.2 Å². The van der Waals surface area contributed by atoms with Crippen molar-refractivity contribution in [2.75, 3.05) is 26.6 Å². The molecule has 6 nitrogen and oxygen atoms in total. The molecule has 2 aromatic rings. The molecule has 24 heavy (non-hydrogen) atoms. The molecule has 0 saturated heterocycles. The molecule has 0 aliphatic heterocycles. The molecule has 1 fully saturated rings.